The summed E-state index contributed by atoms with van der Waals surface area (Å²) in [6, 6.07) is 0. The van der Waals surface area contributed by atoms with Crippen LogP contribution in [0.4, 0.5) is 5.69 Å². The zero-order chi connectivity index (χ0) is 13.7. The number of hydrogen-bond donors (Lipinski definition) is 3. The highest BCUT2D eigenvalue weighted by atomic mass is 16.2. The molecule has 2 amide bonds. The number of aryl methyl sites for hydroxylation is 1. The second-order valence-corrected chi connectivity index (χ2v) is 3.97. The Balaban J connectivity index is 2.68. The van der Waals surface area contributed by atoms with E-state index in [0.717, 1.165) is 5.69 Å². The molecule has 18 heavy (non-hydrogen) atoms. The van der Waals surface area contributed by atoms with Gasteiger partial charge in [0.25, 0.3) is 5.91 Å². The predicted octanol–water partition coefficient (Wildman–Crippen LogP) is -0.238. The Morgan fingerprint density at radius 2 is 2.17 bits per heavy atom. The van der Waals surface area contributed by atoms with Gasteiger partial charge in [-0.05, 0) is 6.42 Å². The van der Waals surface area contributed by atoms with E-state index in [0.29, 0.717) is 18.7 Å². The monoisotopic (exact) mass is 253 g/mol. The van der Waals surface area contributed by atoms with Gasteiger partial charge in [-0.2, -0.15) is 5.10 Å². The van der Waals surface area contributed by atoms with Crippen molar-refractivity contribution in [3.05, 3.63) is 11.4 Å². The third-order valence-corrected chi connectivity index (χ3v) is 2.74. The van der Waals surface area contributed by atoms with Crippen LogP contribution in [0.2, 0.25) is 0 Å². The first-order valence-corrected chi connectivity index (χ1v) is 5.80. The van der Waals surface area contributed by atoms with Crippen LogP contribution in [0.5, 0.6) is 0 Å². The van der Waals surface area contributed by atoms with Crippen molar-refractivity contribution in [2.45, 2.75) is 19.8 Å². The Morgan fingerprint density at radius 3 is 2.67 bits per heavy atom. The first kappa shape index (κ1) is 14.0. The van der Waals surface area contributed by atoms with E-state index < -0.39 is 0 Å². The average Bonchev–Trinajstić information content (AvgIpc) is 2.75. The topological polar surface area (TPSA) is 104 Å². The summed E-state index contributed by atoms with van der Waals surface area (Å²) in [6.45, 7) is 2.25. The highest BCUT2D eigenvalue weighted by Crippen LogP contribution is 2.15. The maximum atomic E-state index is 12.0. The van der Waals surface area contributed by atoms with E-state index in [9.17, 15) is 9.59 Å². The largest absolute Gasteiger partial charge is 0.395 e. The van der Waals surface area contributed by atoms with E-state index in [1.165, 1.54) is 4.90 Å². The van der Waals surface area contributed by atoms with Crippen molar-refractivity contribution in [3.8, 4) is 0 Å². The van der Waals surface area contributed by atoms with Crippen molar-refractivity contribution < 1.29 is 9.59 Å². The third kappa shape index (κ3) is 2.99. The zero-order valence-corrected chi connectivity index (χ0v) is 10.9. The molecule has 0 unspecified atom stereocenters. The molecule has 0 atom stereocenters. The van der Waals surface area contributed by atoms with E-state index in [4.69, 9.17) is 5.73 Å². The Morgan fingerprint density at radius 1 is 1.50 bits per heavy atom. The van der Waals surface area contributed by atoms with Gasteiger partial charge in [-0.1, -0.05) is 6.92 Å². The molecule has 1 heterocycles. The van der Waals surface area contributed by atoms with Crippen LogP contribution in [0.25, 0.3) is 0 Å². The third-order valence-electron chi connectivity index (χ3n) is 2.74. The lowest BCUT2D eigenvalue weighted by atomic mass is 10.2. The number of carbonyl (C=O) groups is 2. The van der Waals surface area contributed by atoms with Gasteiger partial charge in [0.05, 0.1) is 11.4 Å². The van der Waals surface area contributed by atoms with Gasteiger partial charge in [0.15, 0.2) is 5.69 Å². The van der Waals surface area contributed by atoms with Crippen LogP contribution < -0.4 is 11.1 Å². The Hall–Kier alpha value is -2.05. The van der Waals surface area contributed by atoms with Crippen molar-refractivity contribution in [3.63, 3.8) is 0 Å². The van der Waals surface area contributed by atoms with Crippen LogP contribution >= 0.6 is 0 Å². The second kappa shape index (κ2) is 6.04. The minimum absolute atomic E-state index is 0.112. The standard InChI is InChI=1S/C11H19N5O2/c1-4-7-9(12)10(15-14-7)11(18)16(3)6-5-8(17)13-2/h4-6,12H2,1-3H3,(H,13,17)(H,14,15). The van der Waals surface area contributed by atoms with Gasteiger partial charge < -0.3 is 16.0 Å². The lowest BCUT2D eigenvalue weighted by Gasteiger charge is -2.15. The van der Waals surface area contributed by atoms with Gasteiger partial charge in [0.2, 0.25) is 5.91 Å². The molecular formula is C11H19N5O2. The van der Waals surface area contributed by atoms with E-state index in [-0.39, 0.29) is 23.9 Å². The highest BCUT2D eigenvalue weighted by Gasteiger charge is 2.20. The summed E-state index contributed by atoms with van der Waals surface area (Å²) in [7, 11) is 3.17. The first-order valence-electron chi connectivity index (χ1n) is 5.80. The minimum Gasteiger partial charge on any atom is -0.395 e. The van der Waals surface area contributed by atoms with Crippen molar-refractivity contribution >= 4 is 17.5 Å². The smallest absolute Gasteiger partial charge is 0.276 e. The van der Waals surface area contributed by atoms with Gasteiger partial charge in [0.1, 0.15) is 0 Å². The maximum Gasteiger partial charge on any atom is 0.276 e. The Labute approximate surface area is 106 Å². The molecule has 4 N–H and O–H groups in total. The van der Waals surface area contributed by atoms with Crippen LogP contribution in [-0.2, 0) is 11.2 Å². The lowest BCUT2D eigenvalue weighted by molar-refractivity contribution is -0.120. The van der Waals surface area contributed by atoms with E-state index in [1.807, 2.05) is 6.92 Å². The number of hydrogen-bond acceptors (Lipinski definition) is 4. The van der Waals surface area contributed by atoms with Crippen LogP contribution in [0, 0.1) is 0 Å². The van der Waals surface area contributed by atoms with Gasteiger partial charge in [-0.25, -0.2) is 0 Å². The molecule has 0 saturated carbocycles. The molecule has 0 saturated heterocycles. The van der Waals surface area contributed by atoms with Crippen LogP contribution in [0.1, 0.15) is 29.5 Å². The van der Waals surface area contributed by atoms with Gasteiger partial charge in [0, 0.05) is 27.1 Å². The second-order valence-electron chi connectivity index (χ2n) is 3.97. The number of nitrogens with zero attached hydrogens (tertiary/aromatic N) is 2. The number of aromatic nitrogens is 2. The molecule has 0 aromatic carbocycles. The normalized spacial score (nSPS) is 10.2. The van der Waals surface area contributed by atoms with Crippen LogP contribution in [0.3, 0.4) is 0 Å². The molecule has 1 aromatic rings. The molecule has 0 aliphatic heterocycles. The molecule has 0 aliphatic carbocycles. The molecule has 0 radical (unpaired) electrons. The number of aromatic amines is 1. The zero-order valence-electron chi connectivity index (χ0n) is 10.9. The highest BCUT2D eigenvalue weighted by molar-refractivity contribution is 5.97. The molecule has 0 fully saturated rings. The molecule has 7 heteroatoms. The summed E-state index contributed by atoms with van der Waals surface area (Å²) in [5, 5.41) is 9.15. The molecule has 7 nitrogen and oxygen atoms in total. The first-order chi connectivity index (χ1) is 8.51. The molecular weight excluding hydrogens is 234 g/mol. The summed E-state index contributed by atoms with van der Waals surface area (Å²) >= 11 is 0. The number of nitrogen functional groups attached to an aromatic ring is 1. The fraction of sp³-hybridized carbons (Fsp3) is 0.545. The molecule has 0 bridgehead atoms. The molecule has 100 valence electrons. The summed E-state index contributed by atoms with van der Waals surface area (Å²) < 4.78 is 0. The number of rotatable bonds is 5. The summed E-state index contributed by atoms with van der Waals surface area (Å²) in [4.78, 5) is 24.6. The molecule has 1 aromatic heterocycles. The molecule has 0 spiro atoms. The minimum atomic E-state index is -0.285. The molecule has 0 aliphatic rings. The van der Waals surface area contributed by atoms with Gasteiger partial charge >= 0.3 is 0 Å². The average molecular weight is 253 g/mol. The number of H-pyrrole nitrogens is 1. The van der Waals surface area contributed by atoms with Crippen LogP contribution in [-0.4, -0.2) is 47.6 Å². The number of amides is 2. The SMILES string of the molecule is CCc1[nH]nc(C(=O)N(C)CCC(=O)NC)c1N. The van der Waals surface area contributed by atoms with E-state index in [2.05, 4.69) is 15.5 Å². The lowest BCUT2D eigenvalue weighted by Crippen LogP contribution is -2.32. The van der Waals surface area contributed by atoms with E-state index in [1.54, 1.807) is 14.1 Å². The quantitative estimate of drug-likeness (QED) is 0.673. The van der Waals surface area contributed by atoms with Crippen LogP contribution in [0.15, 0.2) is 0 Å². The number of nitrogens with one attached hydrogen (secondary N) is 2. The summed E-state index contributed by atoms with van der Waals surface area (Å²) in [6.07, 6.45) is 0.942. The summed E-state index contributed by atoms with van der Waals surface area (Å²) in [5.41, 5.74) is 7.16. The number of carbonyl (C=O) groups excluding carboxylic acids is 2. The van der Waals surface area contributed by atoms with Crippen molar-refractivity contribution in [2.75, 3.05) is 26.4 Å². The van der Waals surface area contributed by atoms with Crippen molar-refractivity contribution in [2.24, 2.45) is 0 Å². The molecule has 1 rings (SSSR count). The van der Waals surface area contributed by atoms with Crippen molar-refractivity contribution in [1.29, 1.82) is 0 Å². The van der Waals surface area contributed by atoms with E-state index >= 15 is 0 Å². The fourth-order valence-corrected chi connectivity index (χ4v) is 1.50. The maximum absolute atomic E-state index is 12.0. The fourth-order valence-electron chi connectivity index (χ4n) is 1.50. The predicted molar refractivity (Wildman–Crippen MR) is 68.0 cm³/mol. The van der Waals surface area contributed by atoms with Gasteiger partial charge in [-0.15, -0.1) is 0 Å². The van der Waals surface area contributed by atoms with Gasteiger partial charge in [-0.3, -0.25) is 14.7 Å². The Bertz CT molecular complexity index is 441. The van der Waals surface area contributed by atoms with Crippen molar-refractivity contribution in [1.82, 2.24) is 20.4 Å². The number of nitrogens with two attached hydrogens (primary N) is 1. The summed E-state index contributed by atoms with van der Waals surface area (Å²) in [5.74, 6) is -0.397. The number of anilines is 1. The Kier molecular flexibility index (Phi) is 4.70.